The van der Waals surface area contributed by atoms with Crippen LogP contribution in [0, 0.1) is 0 Å². The maximum Gasteiger partial charge on any atom is 0.191 e. The zero-order chi connectivity index (χ0) is 17.9. The van der Waals surface area contributed by atoms with Crippen LogP contribution >= 0.6 is 0 Å². The molecule has 0 fully saturated rings. The number of aryl methyl sites for hydroxylation is 1. The van der Waals surface area contributed by atoms with Crippen molar-refractivity contribution in [1.82, 2.24) is 10.6 Å². The molecule has 25 heavy (non-hydrogen) atoms. The minimum absolute atomic E-state index is 0.666. The molecule has 0 spiro atoms. The fourth-order valence-electron chi connectivity index (χ4n) is 2.58. The molecular formula is C20H27N3O2. The number of methoxy groups -OCH3 is 2. The highest BCUT2D eigenvalue weighted by atomic mass is 16.5. The lowest BCUT2D eigenvalue weighted by Gasteiger charge is -2.13. The summed E-state index contributed by atoms with van der Waals surface area (Å²) in [4.78, 5) is 4.26. The van der Waals surface area contributed by atoms with Crippen LogP contribution in [0.2, 0.25) is 0 Å². The van der Waals surface area contributed by atoms with Crippen molar-refractivity contribution in [3.8, 4) is 11.5 Å². The molecule has 0 aliphatic carbocycles. The van der Waals surface area contributed by atoms with Crippen LogP contribution in [-0.4, -0.2) is 33.8 Å². The highest BCUT2D eigenvalue weighted by molar-refractivity contribution is 5.79. The van der Waals surface area contributed by atoms with E-state index in [2.05, 4.69) is 27.8 Å². The van der Waals surface area contributed by atoms with Crippen molar-refractivity contribution in [3.05, 3.63) is 59.7 Å². The number of hydrogen-bond donors (Lipinski definition) is 2. The van der Waals surface area contributed by atoms with Crippen molar-refractivity contribution in [1.29, 1.82) is 0 Å². The molecule has 0 amide bonds. The van der Waals surface area contributed by atoms with Crippen LogP contribution in [0.3, 0.4) is 0 Å². The number of benzene rings is 2. The van der Waals surface area contributed by atoms with E-state index in [-0.39, 0.29) is 0 Å². The second-order valence-electron chi connectivity index (χ2n) is 5.62. The van der Waals surface area contributed by atoms with Gasteiger partial charge in [0, 0.05) is 25.7 Å². The molecule has 0 radical (unpaired) electrons. The van der Waals surface area contributed by atoms with E-state index in [0.29, 0.717) is 6.54 Å². The maximum atomic E-state index is 5.37. The number of hydrogen-bond acceptors (Lipinski definition) is 3. The first-order valence-corrected chi connectivity index (χ1v) is 8.46. The Hall–Kier alpha value is -2.69. The average Bonchev–Trinajstić information content (AvgIpc) is 2.67. The van der Waals surface area contributed by atoms with Gasteiger partial charge in [0.15, 0.2) is 5.96 Å². The second kappa shape index (κ2) is 10.2. The number of nitrogens with one attached hydrogen (secondary N) is 2. The van der Waals surface area contributed by atoms with Gasteiger partial charge in [-0.1, -0.05) is 30.3 Å². The minimum atomic E-state index is 0.666. The van der Waals surface area contributed by atoms with E-state index in [4.69, 9.17) is 9.47 Å². The van der Waals surface area contributed by atoms with Crippen LogP contribution in [0.5, 0.6) is 11.5 Å². The van der Waals surface area contributed by atoms with E-state index in [1.807, 2.05) is 36.4 Å². The summed E-state index contributed by atoms with van der Waals surface area (Å²) in [5, 5.41) is 6.66. The van der Waals surface area contributed by atoms with E-state index in [0.717, 1.165) is 42.4 Å². The largest absolute Gasteiger partial charge is 0.497 e. The number of guanidine groups is 1. The Morgan fingerprint density at radius 1 is 1.00 bits per heavy atom. The first-order chi connectivity index (χ1) is 12.3. The van der Waals surface area contributed by atoms with Gasteiger partial charge in [0.1, 0.15) is 11.5 Å². The predicted octanol–water partition coefficient (Wildman–Crippen LogP) is 3.00. The molecule has 0 aromatic heterocycles. The van der Waals surface area contributed by atoms with Gasteiger partial charge in [0.25, 0.3) is 0 Å². The molecule has 0 aliphatic heterocycles. The molecule has 2 aromatic rings. The van der Waals surface area contributed by atoms with Gasteiger partial charge in [-0.05, 0) is 36.6 Å². The Bertz CT molecular complexity index is 686. The number of ether oxygens (including phenoxy) is 2. The van der Waals surface area contributed by atoms with Gasteiger partial charge in [0.05, 0.1) is 14.2 Å². The Kier molecular flexibility index (Phi) is 7.63. The molecule has 0 atom stereocenters. The Morgan fingerprint density at radius 3 is 2.60 bits per heavy atom. The minimum Gasteiger partial charge on any atom is -0.497 e. The van der Waals surface area contributed by atoms with E-state index in [9.17, 15) is 0 Å². The van der Waals surface area contributed by atoms with E-state index >= 15 is 0 Å². The van der Waals surface area contributed by atoms with Crippen molar-refractivity contribution >= 4 is 5.96 Å². The Morgan fingerprint density at radius 2 is 1.84 bits per heavy atom. The van der Waals surface area contributed by atoms with Gasteiger partial charge in [-0.15, -0.1) is 0 Å². The topological polar surface area (TPSA) is 54.9 Å². The molecule has 2 N–H and O–H groups in total. The van der Waals surface area contributed by atoms with Crippen LogP contribution in [0.4, 0.5) is 0 Å². The van der Waals surface area contributed by atoms with Gasteiger partial charge < -0.3 is 20.1 Å². The summed E-state index contributed by atoms with van der Waals surface area (Å²) in [6.45, 7) is 1.52. The van der Waals surface area contributed by atoms with Gasteiger partial charge >= 0.3 is 0 Å². The fourth-order valence-corrected chi connectivity index (χ4v) is 2.58. The summed E-state index contributed by atoms with van der Waals surface area (Å²) in [5.74, 6) is 2.57. The SMILES string of the molecule is CN=C(NCCCc1cccc(OC)c1)NCc1ccccc1OC. The molecule has 0 saturated heterocycles. The highest BCUT2D eigenvalue weighted by Crippen LogP contribution is 2.16. The predicted molar refractivity (Wildman–Crippen MR) is 103 cm³/mol. The molecule has 5 heteroatoms. The first kappa shape index (κ1) is 18.6. The Balaban J connectivity index is 1.75. The second-order valence-corrected chi connectivity index (χ2v) is 5.62. The first-order valence-electron chi connectivity index (χ1n) is 8.46. The lowest BCUT2D eigenvalue weighted by Crippen LogP contribution is -2.37. The zero-order valence-electron chi connectivity index (χ0n) is 15.2. The molecule has 0 saturated carbocycles. The third-order valence-corrected chi connectivity index (χ3v) is 3.93. The molecule has 0 bridgehead atoms. The number of aliphatic imine (C=N–C) groups is 1. The standard InChI is InChI=1S/C20H27N3O2/c1-21-20(23-15-17-10-4-5-12-19(17)25-3)22-13-7-9-16-8-6-11-18(14-16)24-2/h4-6,8,10-12,14H,7,9,13,15H2,1-3H3,(H2,21,22,23). The summed E-state index contributed by atoms with van der Waals surface area (Å²) >= 11 is 0. The average molecular weight is 341 g/mol. The summed E-state index contributed by atoms with van der Waals surface area (Å²) in [6, 6.07) is 16.2. The number of nitrogens with zero attached hydrogens (tertiary/aromatic N) is 1. The van der Waals surface area contributed by atoms with Gasteiger partial charge in [-0.3, -0.25) is 4.99 Å². The molecule has 0 heterocycles. The molecule has 134 valence electrons. The van der Waals surface area contributed by atoms with E-state index in [1.165, 1.54) is 5.56 Å². The zero-order valence-corrected chi connectivity index (χ0v) is 15.2. The molecule has 5 nitrogen and oxygen atoms in total. The van der Waals surface area contributed by atoms with E-state index < -0.39 is 0 Å². The molecule has 0 aliphatic rings. The van der Waals surface area contributed by atoms with Crippen LogP contribution in [0.1, 0.15) is 17.5 Å². The molecular weight excluding hydrogens is 314 g/mol. The third kappa shape index (κ3) is 6.03. The van der Waals surface area contributed by atoms with Gasteiger partial charge in [-0.2, -0.15) is 0 Å². The normalized spacial score (nSPS) is 11.1. The summed E-state index contributed by atoms with van der Waals surface area (Å²) in [5.41, 5.74) is 2.38. The summed E-state index contributed by atoms with van der Waals surface area (Å²) in [7, 11) is 5.15. The van der Waals surface area contributed by atoms with Gasteiger partial charge in [-0.25, -0.2) is 0 Å². The van der Waals surface area contributed by atoms with Crippen molar-refractivity contribution in [2.24, 2.45) is 4.99 Å². The maximum absolute atomic E-state index is 5.37. The van der Waals surface area contributed by atoms with Crippen molar-refractivity contribution in [3.63, 3.8) is 0 Å². The van der Waals surface area contributed by atoms with Crippen molar-refractivity contribution in [2.45, 2.75) is 19.4 Å². The number of rotatable bonds is 8. The monoisotopic (exact) mass is 341 g/mol. The lowest BCUT2D eigenvalue weighted by atomic mass is 10.1. The van der Waals surface area contributed by atoms with Gasteiger partial charge in [0.2, 0.25) is 0 Å². The Labute approximate surface area is 150 Å². The third-order valence-electron chi connectivity index (χ3n) is 3.93. The number of para-hydroxylation sites is 1. The van der Waals surface area contributed by atoms with Crippen LogP contribution in [0.25, 0.3) is 0 Å². The van der Waals surface area contributed by atoms with Crippen LogP contribution in [-0.2, 0) is 13.0 Å². The summed E-state index contributed by atoms with van der Waals surface area (Å²) in [6.07, 6.45) is 2.01. The smallest absolute Gasteiger partial charge is 0.191 e. The summed E-state index contributed by atoms with van der Waals surface area (Å²) < 4.78 is 10.6. The fraction of sp³-hybridized carbons (Fsp3) is 0.350. The molecule has 2 rings (SSSR count). The van der Waals surface area contributed by atoms with Crippen LogP contribution in [0.15, 0.2) is 53.5 Å². The van der Waals surface area contributed by atoms with Crippen LogP contribution < -0.4 is 20.1 Å². The molecule has 0 unspecified atom stereocenters. The lowest BCUT2D eigenvalue weighted by molar-refractivity contribution is 0.409. The van der Waals surface area contributed by atoms with Crippen molar-refractivity contribution < 1.29 is 9.47 Å². The highest BCUT2D eigenvalue weighted by Gasteiger charge is 2.03. The van der Waals surface area contributed by atoms with Crippen molar-refractivity contribution in [2.75, 3.05) is 27.8 Å². The molecule has 2 aromatic carbocycles. The quantitative estimate of drug-likeness (QED) is 0.440. The van der Waals surface area contributed by atoms with E-state index in [1.54, 1.807) is 21.3 Å².